The third-order valence-electron chi connectivity index (χ3n) is 3.19. The Hall–Kier alpha value is -2.63. The van der Waals surface area contributed by atoms with Crippen LogP contribution >= 0.6 is 0 Å². The number of benzene rings is 1. The van der Waals surface area contributed by atoms with Crippen molar-refractivity contribution in [2.24, 2.45) is 0 Å². The van der Waals surface area contributed by atoms with E-state index in [1.165, 1.54) is 0 Å². The lowest BCUT2D eigenvalue weighted by molar-refractivity contribution is -0.137. The Bertz CT molecular complexity index is 810. The van der Waals surface area contributed by atoms with E-state index >= 15 is 0 Å². The minimum Gasteiger partial charge on any atom is -0.481 e. The Kier molecular flexibility index (Phi) is 3.43. The molecule has 2 aromatic heterocycles. The molecule has 3 aromatic rings. The summed E-state index contributed by atoms with van der Waals surface area (Å²) in [6, 6.07) is 7.70. The molecule has 0 atom stereocenters. The molecule has 0 aliphatic rings. The number of aliphatic carboxylic acids is 1. The van der Waals surface area contributed by atoms with Gasteiger partial charge in [0.2, 0.25) is 0 Å². The number of anilines is 1. The van der Waals surface area contributed by atoms with Crippen LogP contribution in [0.2, 0.25) is 0 Å². The van der Waals surface area contributed by atoms with Crippen LogP contribution in [0, 0.1) is 6.92 Å². The molecule has 2 N–H and O–H groups in total. The monoisotopic (exact) mass is 285 g/mol. The SMILES string of the molecule is Cc1nc(NCCCC(=O)O)c2oc3ccccc3c2n1. The normalized spacial score (nSPS) is 11.1. The van der Waals surface area contributed by atoms with Crippen LogP contribution in [-0.2, 0) is 4.79 Å². The molecular formula is C15H15N3O3. The van der Waals surface area contributed by atoms with Gasteiger partial charge >= 0.3 is 5.97 Å². The molecule has 0 amide bonds. The summed E-state index contributed by atoms with van der Waals surface area (Å²) in [6.45, 7) is 2.35. The molecule has 0 spiro atoms. The van der Waals surface area contributed by atoms with Crippen LogP contribution in [0.4, 0.5) is 5.82 Å². The zero-order chi connectivity index (χ0) is 14.8. The van der Waals surface area contributed by atoms with Gasteiger partial charge < -0.3 is 14.8 Å². The fourth-order valence-corrected chi connectivity index (χ4v) is 2.27. The Morgan fingerprint density at radius 2 is 2.14 bits per heavy atom. The minimum absolute atomic E-state index is 0.125. The third-order valence-corrected chi connectivity index (χ3v) is 3.19. The molecular weight excluding hydrogens is 270 g/mol. The largest absolute Gasteiger partial charge is 0.481 e. The van der Waals surface area contributed by atoms with Gasteiger partial charge in [0.25, 0.3) is 0 Å². The van der Waals surface area contributed by atoms with Crippen molar-refractivity contribution in [2.45, 2.75) is 19.8 Å². The van der Waals surface area contributed by atoms with E-state index in [1.54, 1.807) is 0 Å². The van der Waals surface area contributed by atoms with Crippen LogP contribution in [0.25, 0.3) is 22.1 Å². The molecule has 108 valence electrons. The highest BCUT2D eigenvalue weighted by Crippen LogP contribution is 2.30. The maximum Gasteiger partial charge on any atom is 0.303 e. The van der Waals surface area contributed by atoms with Gasteiger partial charge in [0.1, 0.15) is 16.9 Å². The summed E-state index contributed by atoms with van der Waals surface area (Å²) < 4.78 is 5.81. The molecule has 6 heteroatoms. The Labute approximate surface area is 120 Å². The van der Waals surface area contributed by atoms with Crippen molar-refractivity contribution in [2.75, 3.05) is 11.9 Å². The Morgan fingerprint density at radius 3 is 2.95 bits per heavy atom. The van der Waals surface area contributed by atoms with E-state index in [0.29, 0.717) is 30.2 Å². The molecule has 6 nitrogen and oxygen atoms in total. The first kappa shape index (κ1) is 13.4. The van der Waals surface area contributed by atoms with E-state index < -0.39 is 5.97 Å². The van der Waals surface area contributed by atoms with E-state index in [-0.39, 0.29) is 6.42 Å². The molecule has 1 aromatic carbocycles. The van der Waals surface area contributed by atoms with Gasteiger partial charge in [-0.1, -0.05) is 12.1 Å². The van der Waals surface area contributed by atoms with Crippen molar-refractivity contribution in [3.05, 3.63) is 30.1 Å². The molecule has 0 saturated carbocycles. The minimum atomic E-state index is -0.801. The van der Waals surface area contributed by atoms with Gasteiger partial charge in [0.05, 0.1) is 0 Å². The second kappa shape index (κ2) is 5.40. The molecule has 0 bridgehead atoms. The molecule has 3 rings (SSSR count). The summed E-state index contributed by atoms with van der Waals surface area (Å²) in [7, 11) is 0. The number of nitrogens with zero attached hydrogens (tertiary/aromatic N) is 2. The topological polar surface area (TPSA) is 88.2 Å². The smallest absolute Gasteiger partial charge is 0.303 e. The van der Waals surface area contributed by atoms with E-state index in [1.807, 2.05) is 31.2 Å². The van der Waals surface area contributed by atoms with E-state index in [0.717, 1.165) is 16.5 Å². The number of carbonyl (C=O) groups is 1. The zero-order valence-corrected chi connectivity index (χ0v) is 11.6. The molecule has 0 aliphatic carbocycles. The van der Waals surface area contributed by atoms with Gasteiger partial charge in [-0.2, -0.15) is 0 Å². The van der Waals surface area contributed by atoms with E-state index in [2.05, 4.69) is 15.3 Å². The summed E-state index contributed by atoms with van der Waals surface area (Å²) in [6.07, 6.45) is 0.653. The number of hydrogen-bond acceptors (Lipinski definition) is 5. The Morgan fingerprint density at radius 1 is 1.33 bits per heavy atom. The molecule has 0 aliphatic heterocycles. The van der Waals surface area contributed by atoms with Gasteiger partial charge in [-0.05, 0) is 25.5 Å². The number of aromatic nitrogens is 2. The van der Waals surface area contributed by atoms with E-state index in [9.17, 15) is 4.79 Å². The molecule has 0 saturated heterocycles. The maximum atomic E-state index is 10.5. The summed E-state index contributed by atoms with van der Waals surface area (Å²) in [5.74, 6) is 0.457. The van der Waals surface area contributed by atoms with Gasteiger partial charge in [0, 0.05) is 18.4 Å². The number of aryl methyl sites for hydroxylation is 1. The van der Waals surface area contributed by atoms with Gasteiger partial charge in [-0.25, -0.2) is 9.97 Å². The summed E-state index contributed by atoms with van der Waals surface area (Å²) in [5, 5.41) is 12.7. The van der Waals surface area contributed by atoms with Crippen molar-refractivity contribution in [3.63, 3.8) is 0 Å². The predicted molar refractivity (Wildman–Crippen MR) is 79.4 cm³/mol. The first-order valence-electron chi connectivity index (χ1n) is 6.76. The zero-order valence-electron chi connectivity index (χ0n) is 11.6. The molecule has 2 heterocycles. The van der Waals surface area contributed by atoms with Crippen LogP contribution in [0.15, 0.2) is 28.7 Å². The summed E-state index contributed by atoms with van der Waals surface area (Å²) >= 11 is 0. The molecule has 0 fully saturated rings. The fourth-order valence-electron chi connectivity index (χ4n) is 2.27. The van der Waals surface area contributed by atoms with Crippen molar-refractivity contribution in [1.29, 1.82) is 0 Å². The van der Waals surface area contributed by atoms with Gasteiger partial charge in [-0.15, -0.1) is 0 Å². The highest BCUT2D eigenvalue weighted by atomic mass is 16.4. The van der Waals surface area contributed by atoms with Crippen LogP contribution in [0.3, 0.4) is 0 Å². The van der Waals surface area contributed by atoms with Crippen LogP contribution in [0.5, 0.6) is 0 Å². The summed E-state index contributed by atoms with van der Waals surface area (Å²) in [4.78, 5) is 19.3. The van der Waals surface area contributed by atoms with Crippen molar-refractivity contribution in [3.8, 4) is 0 Å². The average Bonchev–Trinajstić information content (AvgIpc) is 2.82. The molecule has 0 unspecified atom stereocenters. The first-order valence-corrected chi connectivity index (χ1v) is 6.76. The lowest BCUT2D eigenvalue weighted by atomic mass is 10.2. The van der Waals surface area contributed by atoms with E-state index in [4.69, 9.17) is 9.52 Å². The number of nitrogens with one attached hydrogen (secondary N) is 1. The fraction of sp³-hybridized carbons (Fsp3) is 0.267. The second-order valence-corrected chi connectivity index (χ2v) is 4.82. The van der Waals surface area contributed by atoms with Crippen LogP contribution in [-0.4, -0.2) is 27.6 Å². The number of carboxylic acid groups (broad SMARTS) is 1. The second-order valence-electron chi connectivity index (χ2n) is 4.82. The number of fused-ring (bicyclic) bond motifs is 3. The highest BCUT2D eigenvalue weighted by Gasteiger charge is 2.14. The number of carboxylic acids is 1. The van der Waals surface area contributed by atoms with Gasteiger partial charge in [0.15, 0.2) is 11.4 Å². The van der Waals surface area contributed by atoms with Crippen LogP contribution < -0.4 is 5.32 Å². The van der Waals surface area contributed by atoms with Crippen molar-refractivity contribution < 1.29 is 14.3 Å². The van der Waals surface area contributed by atoms with Crippen LogP contribution in [0.1, 0.15) is 18.7 Å². The lowest BCUT2D eigenvalue weighted by Gasteiger charge is -2.05. The summed E-state index contributed by atoms with van der Waals surface area (Å²) in [5.41, 5.74) is 2.15. The third kappa shape index (κ3) is 2.65. The standard InChI is InChI=1S/C15H15N3O3/c1-9-17-13-10-5-2-3-6-11(10)21-14(13)15(18-9)16-8-4-7-12(19)20/h2-3,5-6H,4,7-8H2,1H3,(H,19,20)(H,16,17,18). The number of hydrogen-bond donors (Lipinski definition) is 2. The quantitative estimate of drug-likeness (QED) is 0.701. The highest BCUT2D eigenvalue weighted by molar-refractivity contribution is 6.05. The average molecular weight is 285 g/mol. The maximum absolute atomic E-state index is 10.5. The molecule has 0 radical (unpaired) electrons. The molecule has 21 heavy (non-hydrogen) atoms. The van der Waals surface area contributed by atoms with Crippen molar-refractivity contribution >= 4 is 33.9 Å². The number of para-hydroxylation sites is 1. The predicted octanol–water partition coefficient (Wildman–Crippen LogP) is 2.96. The lowest BCUT2D eigenvalue weighted by Crippen LogP contribution is -2.07. The Balaban J connectivity index is 1.96. The van der Waals surface area contributed by atoms with Crippen molar-refractivity contribution in [1.82, 2.24) is 9.97 Å². The first-order chi connectivity index (χ1) is 10.1. The number of rotatable bonds is 5. The van der Waals surface area contributed by atoms with Gasteiger partial charge in [-0.3, -0.25) is 4.79 Å². The number of furan rings is 1.